The first-order valence-corrected chi connectivity index (χ1v) is 11.8. The van der Waals surface area contributed by atoms with E-state index in [1.807, 2.05) is 68.4 Å². The van der Waals surface area contributed by atoms with Crippen LogP contribution in [-0.2, 0) is 27.2 Å². The summed E-state index contributed by atoms with van der Waals surface area (Å²) in [4.78, 5) is 28.4. The Kier molecular flexibility index (Phi) is 8.97. The number of benzene rings is 2. The van der Waals surface area contributed by atoms with Gasteiger partial charge in [-0.15, -0.1) is 11.3 Å². The molecule has 0 aliphatic heterocycles. The SMILES string of the molecule is CC(C)C(=O)O[C@@H](CNCCc1ccc(NC(=O)Cc2csc(N)n2)cc1)c1ccccc1. The van der Waals surface area contributed by atoms with Crippen molar-refractivity contribution < 1.29 is 14.3 Å². The molecule has 33 heavy (non-hydrogen) atoms. The molecule has 1 amide bonds. The Morgan fingerprint density at radius 1 is 1.09 bits per heavy atom. The van der Waals surface area contributed by atoms with Gasteiger partial charge in [-0.2, -0.15) is 0 Å². The molecule has 8 heteroatoms. The number of nitrogens with two attached hydrogens (primary N) is 1. The predicted octanol–water partition coefficient (Wildman–Crippen LogP) is 3.98. The Hall–Kier alpha value is -3.23. The van der Waals surface area contributed by atoms with Crippen molar-refractivity contribution in [3.8, 4) is 0 Å². The molecule has 1 atom stereocenters. The number of rotatable bonds is 11. The summed E-state index contributed by atoms with van der Waals surface area (Å²) in [5, 5.41) is 8.52. The molecule has 0 unspecified atom stereocenters. The molecule has 0 saturated heterocycles. The van der Waals surface area contributed by atoms with E-state index in [-0.39, 0.29) is 30.3 Å². The topological polar surface area (TPSA) is 106 Å². The molecule has 0 spiro atoms. The largest absolute Gasteiger partial charge is 0.456 e. The summed E-state index contributed by atoms with van der Waals surface area (Å²) in [6.07, 6.45) is 0.682. The zero-order valence-corrected chi connectivity index (χ0v) is 19.7. The summed E-state index contributed by atoms with van der Waals surface area (Å²) >= 11 is 1.32. The van der Waals surface area contributed by atoms with Gasteiger partial charge in [-0.3, -0.25) is 9.59 Å². The van der Waals surface area contributed by atoms with Crippen molar-refractivity contribution in [3.63, 3.8) is 0 Å². The molecule has 1 aromatic heterocycles. The number of carbonyl (C=O) groups excluding carboxylic acids is 2. The summed E-state index contributed by atoms with van der Waals surface area (Å²) in [5.41, 5.74) is 9.13. The molecule has 0 fully saturated rings. The molecule has 1 heterocycles. The van der Waals surface area contributed by atoms with Crippen LogP contribution in [0.3, 0.4) is 0 Å². The molecule has 3 rings (SSSR count). The Bertz CT molecular complexity index is 1040. The number of nitrogens with zero attached hydrogens (tertiary/aromatic N) is 1. The first kappa shape index (κ1) is 24.4. The van der Waals surface area contributed by atoms with Crippen molar-refractivity contribution >= 4 is 34.0 Å². The number of hydrogen-bond donors (Lipinski definition) is 3. The maximum absolute atomic E-state index is 12.2. The van der Waals surface area contributed by atoms with Crippen LogP contribution in [0.25, 0.3) is 0 Å². The fourth-order valence-corrected chi connectivity index (χ4v) is 3.73. The van der Waals surface area contributed by atoms with Gasteiger partial charge in [0.25, 0.3) is 0 Å². The number of amides is 1. The summed E-state index contributed by atoms with van der Waals surface area (Å²) in [7, 11) is 0. The molecular formula is C25H30N4O3S. The van der Waals surface area contributed by atoms with Gasteiger partial charge in [0.2, 0.25) is 5.91 Å². The standard InChI is InChI=1S/C25H30N4O3S/c1-17(2)24(31)32-22(19-6-4-3-5-7-19)15-27-13-12-18-8-10-20(11-9-18)28-23(30)14-21-16-33-25(26)29-21/h3-11,16-17,22,27H,12-15H2,1-2H3,(H2,26,29)(H,28,30)/t22-/m0/s1. The van der Waals surface area contributed by atoms with E-state index in [9.17, 15) is 9.59 Å². The minimum atomic E-state index is -0.327. The number of ether oxygens (including phenoxy) is 1. The lowest BCUT2D eigenvalue weighted by Gasteiger charge is -2.20. The van der Waals surface area contributed by atoms with E-state index in [4.69, 9.17) is 10.5 Å². The second-order valence-corrected chi connectivity index (χ2v) is 8.93. The predicted molar refractivity (Wildman–Crippen MR) is 132 cm³/mol. The van der Waals surface area contributed by atoms with Crippen LogP contribution in [-0.4, -0.2) is 29.9 Å². The highest BCUT2D eigenvalue weighted by atomic mass is 32.1. The molecule has 0 radical (unpaired) electrons. The number of esters is 1. The second kappa shape index (κ2) is 12.1. The van der Waals surface area contributed by atoms with E-state index in [1.54, 1.807) is 5.38 Å². The number of thiazole rings is 1. The summed E-state index contributed by atoms with van der Waals surface area (Å²) in [6.45, 7) is 4.94. The third kappa shape index (κ3) is 8.00. The molecule has 0 aliphatic rings. The maximum atomic E-state index is 12.2. The van der Waals surface area contributed by atoms with Gasteiger partial charge in [-0.1, -0.05) is 56.3 Å². The third-order valence-electron chi connectivity index (χ3n) is 4.97. The van der Waals surface area contributed by atoms with Crippen LogP contribution < -0.4 is 16.4 Å². The summed E-state index contributed by atoms with van der Waals surface area (Å²) in [6, 6.07) is 17.5. The van der Waals surface area contributed by atoms with Gasteiger partial charge in [0, 0.05) is 17.6 Å². The molecule has 0 bridgehead atoms. The highest BCUT2D eigenvalue weighted by Gasteiger charge is 2.18. The van der Waals surface area contributed by atoms with Crippen LogP contribution in [0.15, 0.2) is 60.0 Å². The van der Waals surface area contributed by atoms with Crippen LogP contribution >= 0.6 is 11.3 Å². The average Bonchev–Trinajstić information content (AvgIpc) is 3.21. The highest BCUT2D eigenvalue weighted by molar-refractivity contribution is 7.13. The summed E-state index contributed by atoms with van der Waals surface area (Å²) < 4.78 is 5.69. The molecular weight excluding hydrogens is 436 g/mol. The molecule has 174 valence electrons. The zero-order chi connectivity index (χ0) is 23.6. The maximum Gasteiger partial charge on any atom is 0.309 e. The van der Waals surface area contributed by atoms with Gasteiger partial charge in [-0.25, -0.2) is 4.98 Å². The summed E-state index contributed by atoms with van der Waals surface area (Å²) in [5.74, 6) is -0.506. The molecule has 4 N–H and O–H groups in total. The molecule has 7 nitrogen and oxygen atoms in total. The van der Waals surface area contributed by atoms with E-state index in [0.717, 1.165) is 29.8 Å². The van der Waals surface area contributed by atoms with Crippen molar-refractivity contribution in [2.45, 2.75) is 32.8 Å². The molecule has 2 aromatic carbocycles. The number of aromatic nitrogens is 1. The van der Waals surface area contributed by atoms with Crippen molar-refractivity contribution in [1.82, 2.24) is 10.3 Å². The van der Waals surface area contributed by atoms with Crippen molar-refractivity contribution in [2.75, 3.05) is 24.1 Å². The quantitative estimate of drug-likeness (QED) is 0.292. The Morgan fingerprint density at radius 2 is 1.82 bits per heavy atom. The van der Waals surface area contributed by atoms with Crippen LogP contribution in [0.5, 0.6) is 0 Å². The van der Waals surface area contributed by atoms with Crippen LogP contribution in [0.4, 0.5) is 10.8 Å². The highest BCUT2D eigenvalue weighted by Crippen LogP contribution is 2.18. The molecule has 0 aliphatic carbocycles. The lowest BCUT2D eigenvalue weighted by Crippen LogP contribution is -2.28. The van der Waals surface area contributed by atoms with Crippen LogP contribution in [0.2, 0.25) is 0 Å². The molecule has 0 saturated carbocycles. The smallest absolute Gasteiger partial charge is 0.309 e. The average molecular weight is 467 g/mol. The Morgan fingerprint density at radius 3 is 2.45 bits per heavy atom. The van der Waals surface area contributed by atoms with Gasteiger partial charge in [0.15, 0.2) is 5.13 Å². The van der Waals surface area contributed by atoms with E-state index in [1.165, 1.54) is 11.3 Å². The van der Waals surface area contributed by atoms with Crippen LogP contribution in [0.1, 0.15) is 36.8 Å². The first-order chi connectivity index (χ1) is 15.9. The minimum Gasteiger partial charge on any atom is -0.456 e. The fraction of sp³-hybridized carbons (Fsp3) is 0.320. The van der Waals surface area contributed by atoms with E-state index in [2.05, 4.69) is 15.6 Å². The monoisotopic (exact) mass is 466 g/mol. The third-order valence-corrected chi connectivity index (χ3v) is 5.69. The normalized spacial score (nSPS) is 11.8. The number of anilines is 2. The number of nitrogens with one attached hydrogen (secondary N) is 2. The first-order valence-electron chi connectivity index (χ1n) is 11.0. The van der Waals surface area contributed by atoms with Gasteiger partial charge >= 0.3 is 5.97 Å². The van der Waals surface area contributed by atoms with Gasteiger partial charge in [0.05, 0.1) is 18.0 Å². The van der Waals surface area contributed by atoms with E-state index in [0.29, 0.717) is 17.4 Å². The lowest BCUT2D eigenvalue weighted by atomic mass is 10.1. The van der Waals surface area contributed by atoms with Crippen molar-refractivity contribution in [1.29, 1.82) is 0 Å². The number of carbonyl (C=O) groups is 2. The van der Waals surface area contributed by atoms with E-state index < -0.39 is 0 Å². The lowest BCUT2D eigenvalue weighted by molar-refractivity contribution is -0.153. The van der Waals surface area contributed by atoms with Crippen molar-refractivity contribution in [2.24, 2.45) is 5.92 Å². The zero-order valence-electron chi connectivity index (χ0n) is 18.9. The van der Waals surface area contributed by atoms with Gasteiger partial charge < -0.3 is 21.1 Å². The Labute approximate surface area is 198 Å². The Balaban J connectivity index is 1.45. The second-order valence-electron chi connectivity index (χ2n) is 8.04. The van der Waals surface area contributed by atoms with Crippen LogP contribution in [0, 0.1) is 5.92 Å². The number of hydrogen-bond acceptors (Lipinski definition) is 7. The number of nitrogen functional groups attached to an aromatic ring is 1. The van der Waals surface area contributed by atoms with Gasteiger partial charge in [-0.05, 0) is 36.2 Å². The fourth-order valence-electron chi connectivity index (χ4n) is 3.17. The minimum absolute atomic E-state index is 0.127. The van der Waals surface area contributed by atoms with Crippen molar-refractivity contribution in [3.05, 3.63) is 76.8 Å². The molecule has 3 aromatic rings. The van der Waals surface area contributed by atoms with E-state index >= 15 is 0 Å². The van der Waals surface area contributed by atoms with Gasteiger partial charge in [0.1, 0.15) is 6.10 Å².